The Morgan fingerprint density at radius 3 is 2.69 bits per heavy atom. The molecule has 1 amide bonds. The van der Waals surface area contributed by atoms with Crippen LogP contribution in [0.25, 0.3) is 11.4 Å². The molecule has 0 bridgehead atoms. The number of carbonyl (C=O) groups excluding carboxylic acids is 1. The average molecular weight is 494 g/mol. The van der Waals surface area contributed by atoms with Crippen molar-refractivity contribution in [2.75, 3.05) is 32.8 Å². The molecule has 0 radical (unpaired) electrons. The summed E-state index contributed by atoms with van der Waals surface area (Å²) in [5, 5.41) is 4.62. The van der Waals surface area contributed by atoms with E-state index in [-0.39, 0.29) is 11.9 Å². The van der Waals surface area contributed by atoms with E-state index in [2.05, 4.69) is 34.4 Å². The van der Waals surface area contributed by atoms with E-state index in [1.54, 1.807) is 36.8 Å². The maximum atomic E-state index is 13.0. The summed E-state index contributed by atoms with van der Waals surface area (Å²) in [6, 6.07) is 5.01. The molecule has 1 aliphatic rings. The highest BCUT2D eigenvalue weighted by Crippen LogP contribution is 2.28. The van der Waals surface area contributed by atoms with Crippen LogP contribution in [0.5, 0.6) is 0 Å². The van der Waals surface area contributed by atoms with Crippen molar-refractivity contribution in [3.63, 3.8) is 0 Å². The highest BCUT2D eigenvalue weighted by atomic mass is 35.5. The van der Waals surface area contributed by atoms with Gasteiger partial charge < -0.3 is 10.1 Å². The molecular formula is C21H22ClFN5O2PS. The van der Waals surface area contributed by atoms with Gasteiger partial charge in [0.2, 0.25) is 0 Å². The van der Waals surface area contributed by atoms with Crippen LogP contribution >= 0.6 is 32.2 Å². The molecule has 168 valence electrons. The standard InChI is InChI=1S/C21H22ClFN5O2PS/c22-16-2-1-13(20-25-9-14(31)10-26-20)7-15(16)21(29)27-11-17(28-3-5-30-6-4-28)18-12-24-19(8-23)32-18/h1-2,7,9-10,12,17H,3-6,8,11,31H2,(H,27,29). The third-order valence-electron chi connectivity index (χ3n) is 5.10. The first kappa shape index (κ1) is 23.1. The molecule has 3 aromatic rings. The van der Waals surface area contributed by atoms with Gasteiger partial charge >= 0.3 is 0 Å². The minimum atomic E-state index is -0.602. The lowest BCUT2D eigenvalue weighted by molar-refractivity contribution is 0.0169. The molecule has 2 atom stereocenters. The second-order valence-corrected chi connectivity index (χ2v) is 9.42. The minimum absolute atomic E-state index is 0.124. The van der Waals surface area contributed by atoms with Gasteiger partial charge in [0.25, 0.3) is 5.91 Å². The summed E-state index contributed by atoms with van der Waals surface area (Å²) in [5.74, 6) is 0.213. The molecule has 0 spiro atoms. The molecule has 7 nitrogen and oxygen atoms in total. The van der Waals surface area contributed by atoms with Crippen LogP contribution in [0.3, 0.4) is 0 Å². The number of morpholine rings is 1. The largest absolute Gasteiger partial charge is 0.379 e. The number of ether oxygens (including phenoxy) is 1. The number of carbonyl (C=O) groups is 1. The van der Waals surface area contributed by atoms with E-state index in [9.17, 15) is 9.18 Å². The van der Waals surface area contributed by atoms with Gasteiger partial charge in [0.15, 0.2) is 5.82 Å². The number of amides is 1. The third-order valence-corrected chi connectivity index (χ3v) is 6.79. The van der Waals surface area contributed by atoms with Gasteiger partial charge in [-0.1, -0.05) is 11.6 Å². The summed E-state index contributed by atoms with van der Waals surface area (Å²) in [6.45, 7) is 2.41. The number of alkyl halides is 1. The number of nitrogens with one attached hydrogen (secondary N) is 1. The summed E-state index contributed by atoms with van der Waals surface area (Å²) in [6.07, 6.45) is 5.07. The monoisotopic (exact) mass is 493 g/mol. The van der Waals surface area contributed by atoms with Crippen molar-refractivity contribution in [2.24, 2.45) is 0 Å². The van der Waals surface area contributed by atoms with Gasteiger partial charge in [-0.25, -0.2) is 19.3 Å². The zero-order valence-electron chi connectivity index (χ0n) is 17.1. The summed E-state index contributed by atoms with van der Waals surface area (Å²) in [5.41, 5.74) is 1.04. The predicted molar refractivity (Wildman–Crippen MR) is 126 cm³/mol. The molecule has 0 aliphatic carbocycles. The van der Waals surface area contributed by atoms with Crippen LogP contribution in [-0.4, -0.2) is 58.6 Å². The van der Waals surface area contributed by atoms with E-state index in [0.29, 0.717) is 46.7 Å². The van der Waals surface area contributed by atoms with Crippen LogP contribution in [0, 0.1) is 0 Å². The van der Waals surface area contributed by atoms with E-state index in [1.807, 2.05) is 0 Å². The smallest absolute Gasteiger partial charge is 0.252 e. The quantitative estimate of drug-likeness (QED) is 0.510. The first-order valence-electron chi connectivity index (χ1n) is 10.0. The molecule has 32 heavy (non-hydrogen) atoms. The Morgan fingerprint density at radius 1 is 1.25 bits per heavy atom. The molecule has 1 fully saturated rings. The van der Waals surface area contributed by atoms with Crippen molar-refractivity contribution >= 4 is 43.4 Å². The Bertz CT molecular complexity index is 1080. The van der Waals surface area contributed by atoms with E-state index >= 15 is 0 Å². The number of aromatic nitrogens is 3. The van der Waals surface area contributed by atoms with Crippen LogP contribution in [0.2, 0.25) is 5.02 Å². The number of nitrogens with zero attached hydrogens (tertiary/aromatic N) is 4. The summed E-state index contributed by atoms with van der Waals surface area (Å²) in [7, 11) is 2.53. The van der Waals surface area contributed by atoms with E-state index in [1.165, 1.54) is 11.3 Å². The average Bonchev–Trinajstić information content (AvgIpc) is 3.30. The van der Waals surface area contributed by atoms with Gasteiger partial charge in [0, 0.05) is 54.0 Å². The molecule has 2 aromatic heterocycles. The Kier molecular flexibility index (Phi) is 7.75. The Balaban J connectivity index is 1.52. The van der Waals surface area contributed by atoms with Crippen molar-refractivity contribution in [1.29, 1.82) is 0 Å². The lowest BCUT2D eigenvalue weighted by Gasteiger charge is -2.33. The molecule has 4 rings (SSSR count). The van der Waals surface area contributed by atoms with Crippen molar-refractivity contribution in [3.8, 4) is 11.4 Å². The predicted octanol–water partition coefficient (Wildman–Crippen LogP) is 3.03. The highest BCUT2D eigenvalue weighted by Gasteiger charge is 2.26. The van der Waals surface area contributed by atoms with E-state index in [4.69, 9.17) is 16.3 Å². The molecule has 11 heteroatoms. The van der Waals surface area contributed by atoms with Gasteiger partial charge in [-0.05, 0) is 18.2 Å². The number of hydrogen-bond donors (Lipinski definition) is 1. The summed E-state index contributed by atoms with van der Waals surface area (Å²) < 4.78 is 18.5. The first-order chi connectivity index (χ1) is 15.5. The van der Waals surface area contributed by atoms with E-state index in [0.717, 1.165) is 23.3 Å². The number of rotatable bonds is 7. The minimum Gasteiger partial charge on any atom is -0.379 e. The second kappa shape index (κ2) is 10.7. The normalized spacial score (nSPS) is 15.5. The van der Waals surface area contributed by atoms with Gasteiger partial charge in [-0.15, -0.1) is 20.6 Å². The summed E-state index contributed by atoms with van der Waals surface area (Å²) >= 11 is 7.65. The SMILES string of the molecule is O=C(NCC(c1cnc(CF)s1)N1CCOCC1)c1cc(-c2ncc(P)cn2)ccc1Cl. The zero-order chi connectivity index (χ0) is 22.5. The fourth-order valence-corrected chi connectivity index (χ4v) is 4.71. The fraction of sp³-hybridized carbons (Fsp3) is 0.333. The molecule has 1 N–H and O–H groups in total. The maximum Gasteiger partial charge on any atom is 0.252 e. The van der Waals surface area contributed by atoms with Crippen molar-refractivity contribution in [3.05, 3.63) is 57.3 Å². The molecule has 1 aliphatic heterocycles. The third kappa shape index (κ3) is 5.47. The second-order valence-electron chi connectivity index (χ2n) is 7.20. The molecule has 2 unspecified atom stereocenters. The van der Waals surface area contributed by atoms with Crippen LogP contribution in [0.15, 0.2) is 36.8 Å². The lowest BCUT2D eigenvalue weighted by Crippen LogP contribution is -2.43. The Morgan fingerprint density at radius 2 is 2.00 bits per heavy atom. The highest BCUT2D eigenvalue weighted by molar-refractivity contribution is 7.27. The Hall–Kier alpha value is -2.03. The molecule has 0 saturated carbocycles. The number of thiazole rings is 1. The number of hydrogen-bond acceptors (Lipinski definition) is 7. The van der Waals surface area contributed by atoms with Gasteiger partial charge in [-0.3, -0.25) is 9.69 Å². The van der Waals surface area contributed by atoms with Crippen molar-refractivity contribution < 1.29 is 13.9 Å². The molecule has 1 saturated heterocycles. The van der Waals surface area contributed by atoms with E-state index < -0.39 is 6.67 Å². The van der Waals surface area contributed by atoms with Gasteiger partial charge in [0.1, 0.15) is 11.7 Å². The molecule has 1 aromatic carbocycles. The number of benzene rings is 1. The van der Waals surface area contributed by atoms with Crippen LogP contribution in [-0.2, 0) is 11.4 Å². The topological polar surface area (TPSA) is 80.2 Å². The molecule has 3 heterocycles. The fourth-order valence-electron chi connectivity index (χ4n) is 3.45. The van der Waals surface area contributed by atoms with Crippen LogP contribution in [0.4, 0.5) is 4.39 Å². The number of halogens is 2. The maximum absolute atomic E-state index is 13.0. The first-order valence-corrected chi connectivity index (χ1v) is 11.8. The van der Waals surface area contributed by atoms with Gasteiger partial charge in [-0.2, -0.15) is 0 Å². The van der Waals surface area contributed by atoms with Crippen LogP contribution < -0.4 is 10.6 Å². The Labute approximate surface area is 196 Å². The van der Waals surface area contributed by atoms with Gasteiger partial charge in [0.05, 0.1) is 29.8 Å². The zero-order valence-corrected chi connectivity index (χ0v) is 19.9. The van der Waals surface area contributed by atoms with Crippen LogP contribution in [0.1, 0.15) is 26.3 Å². The van der Waals surface area contributed by atoms with Crippen molar-refractivity contribution in [1.82, 2.24) is 25.2 Å². The lowest BCUT2D eigenvalue weighted by atomic mass is 10.1. The molecular weight excluding hydrogens is 472 g/mol. The summed E-state index contributed by atoms with van der Waals surface area (Å²) in [4.78, 5) is 28.9. The van der Waals surface area contributed by atoms with Crippen molar-refractivity contribution in [2.45, 2.75) is 12.7 Å².